The molecule has 0 spiro atoms. The van der Waals surface area contributed by atoms with Gasteiger partial charge in [0, 0.05) is 24.3 Å². The Bertz CT molecular complexity index is 485. The van der Waals surface area contributed by atoms with Crippen LogP contribution in [0.4, 0.5) is 11.4 Å². The number of anilines is 2. The van der Waals surface area contributed by atoms with Crippen LogP contribution in [-0.4, -0.2) is 23.5 Å². The molecule has 0 radical (unpaired) electrons. The Labute approximate surface area is 98.8 Å². The highest BCUT2D eigenvalue weighted by Gasteiger charge is 2.35. The van der Waals surface area contributed by atoms with Crippen LogP contribution in [0.3, 0.4) is 0 Å². The zero-order valence-corrected chi connectivity index (χ0v) is 9.51. The van der Waals surface area contributed by atoms with E-state index < -0.39 is 11.9 Å². The van der Waals surface area contributed by atoms with Gasteiger partial charge in [-0.3, -0.25) is 9.59 Å². The van der Waals surface area contributed by atoms with E-state index in [-0.39, 0.29) is 18.9 Å². The molecule has 3 N–H and O–H groups in total. The molecule has 0 bridgehead atoms. The molecule has 0 saturated carbocycles. The van der Waals surface area contributed by atoms with Crippen molar-refractivity contribution < 1.29 is 14.7 Å². The zero-order valence-electron chi connectivity index (χ0n) is 9.51. The SMILES string of the molecule is Cc1ccc(N)cc1N1C[C@H](C(=O)O)CC1=O. The predicted octanol–water partition coefficient (Wildman–Crippen LogP) is 1.01. The van der Waals surface area contributed by atoms with Crippen LogP contribution < -0.4 is 10.6 Å². The number of benzene rings is 1. The van der Waals surface area contributed by atoms with Crippen molar-refractivity contribution in [1.29, 1.82) is 0 Å². The second-order valence-corrected chi connectivity index (χ2v) is 4.29. The maximum Gasteiger partial charge on any atom is 0.308 e. The van der Waals surface area contributed by atoms with E-state index in [1.165, 1.54) is 4.90 Å². The molecule has 5 nitrogen and oxygen atoms in total. The maximum absolute atomic E-state index is 11.8. The number of nitrogen functional groups attached to an aromatic ring is 1. The second kappa shape index (κ2) is 4.08. The number of aliphatic carboxylic acids is 1. The number of carboxylic acids is 1. The molecule has 0 aromatic heterocycles. The topological polar surface area (TPSA) is 83.6 Å². The summed E-state index contributed by atoms with van der Waals surface area (Å²) in [5, 5.41) is 8.92. The zero-order chi connectivity index (χ0) is 12.6. The van der Waals surface area contributed by atoms with Crippen molar-refractivity contribution in [2.24, 2.45) is 5.92 Å². The molecule has 2 rings (SSSR count). The molecule has 5 heteroatoms. The van der Waals surface area contributed by atoms with Gasteiger partial charge in [-0.2, -0.15) is 0 Å². The molecule has 0 unspecified atom stereocenters. The van der Waals surface area contributed by atoms with Crippen LogP contribution in [0.15, 0.2) is 18.2 Å². The molecule has 90 valence electrons. The average molecular weight is 234 g/mol. The van der Waals surface area contributed by atoms with Gasteiger partial charge in [0.25, 0.3) is 0 Å². The molecule has 1 heterocycles. The Balaban J connectivity index is 2.32. The van der Waals surface area contributed by atoms with Gasteiger partial charge in [-0.15, -0.1) is 0 Å². The van der Waals surface area contributed by atoms with Gasteiger partial charge in [0.05, 0.1) is 5.92 Å². The third-order valence-electron chi connectivity index (χ3n) is 3.00. The van der Waals surface area contributed by atoms with Crippen LogP contribution >= 0.6 is 0 Å². The molecule has 1 atom stereocenters. The molecule has 1 aromatic carbocycles. The summed E-state index contributed by atoms with van der Waals surface area (Å²) >= 11 is 0. The van der Waals surface area contributed by atoms with Crippen molar-refractivity contribution in [3.63, 3.8) is 0 Å². The number of nitrogens with two attached hydrogens (primary N) is 1. The Hall–Kier alpha value is -2.04. The molecule has 1 saturated heterocycles. The van der Waals surface area contributed by atoms with Gasteiger partial charge in [-0.25, -0.2) is 0 Å². The van der Waals surface area contributed by atoms with Crippen LogP contribution in [0, 0.1) is 12.8 Å². The van der Waals surface area contributed by atoms with Gasteiger partial charge in [0.1, 0.15) is 0 Å². The summed E-state index contributed by atoms with van der Waals surface area (Å²) in [5.74, 6) is -1.71. The molecule has 1 aromatic rings. The van der Waals surface area contributed by atoms with Gasteiger partial charge < -0.3 is 15.7 Å². The molecule has 1 aliphatic rings. The second-order valence-electron chi connectivity index (χ2n) is 4.29. The summed E-state index contributed by atoms with van der Waals surface area (Å²) in [6.45, 7) is 2.09. The molecule has 0 aliphatic carbocycles. The van der Waals surface area contributed by atoms with E-state index in [1.54, 1.807) is 12.1 Å². The first-order valence-electron chi connectivity index (χ1n) is 5.38. The lowest BCUT2D eigenvalue weighted by Crippen LogP contribution is -2.26. The van der Waals surface area contributed by atoms with E-state index in [1.807, 2.05) is 13.0 Å². The molecule has 1 amide bonds. The van der Waals surface area contributed by atoms with Crippen LogP contribution in [0.5, 0.6) is 0 Å². The Morgan fingerprint density at radius 2 is 2.24 bits per heavy atom. The number of carbonyl (C=O) groups is 2. The van der Waals surface area contributed by atoms with Gasteiger partial charge in [0.15, 0.2) is 0 Å². The van der Waals surface area contributed by atoms with E-state index in [9.17, 15) is 9.59 Å². The summed E-state index contributed by atoms with van der Waals surface area (Å²) in [5.41, 5.74) is 7.87. The van der Waals surface area contributed by atoms with Gasteiger partial charge >= 0.3 is 5.97 Å². The smallest absolute Gasteiger partial charge is 0.308 e. The predicted molar refractivity (Wildman–Crippen MR) is 63.7 cm³/mol. The van der Waals surface area contributed by atoms with Gasteiger partial charge in [-0.05, 0) is 24.6 Å². The maximum atomic E-state index is 11.8. The lowest BCUT2D eigenvalue weighted by atomic mass is 10.1. The highest BCUT2D eigenvalue weighted by Crippen LogP contribution is 2.29. The summed E-state index contributed by atoms with van der Waals surface area (Å²) in [6, 6.07) is 5.29. The van der Waals surface area contributed by atoms with E-state index in [4.69, 9.17) is 10.8 Å². The van der Waals surface area contributed by atoms with Gasteiger partial charge in [0.2, 0.25) is 5.91 Å². The lowest BCUT2D eigenvalue weighted by Gasteiger charge is -2.19. The fourth-order valence-electron chi connectivity index (χ4n) is 2.02. The van der Waals surface area contributed by atoms with Crippen molar-refractivity contribution in [2.45, 2.75) is 13.3 Å². The number of amides is 1. The van der Waals surface area contributed by atoms with Gasteiger partial charge in [-0.1, -0.05) is 6.07 Å². The van der Waals surface area contributed by atoms with Crippen LogP contribution in [0.25, 0.3) is 0 Å². The highest BCUT2D eigenvalue weighted by atomic mass is 16.4. The lowest BCUT2D eigenvalue weighted by molar-refractivity contribution is -0.141. The van der Waals surface area contributed by atoms with Crippen molar-refractivity contribution in [2.75, 3.05) is 17.2 Å². The number of hydrogen-bond acceptors (Lipinski definition) is 3. The molecular formula is C12H14N2O3. The number of carboxylic acid groups (broad SMARTS) is 1. The number of carbonyl (C=O) groups excluding carboxylic acids is 1. The third-order valence-corrected chi connectivity index (χ3v) is 3.00. The quantitative estimate of drug-likeness (QED) is 0.748. The van der Waals surface area contributed by atoms with E-state index in [2.05, 4.69) is 0 Å². The normalized spacial score (nSPS) is 19.7. The van der Waals surface area contributed by atoms with Crippen LogP contribution in [-0.2, 0) is 9.59 Å². The van der Waals surface area contributed by atoms with Crippen LogP contribution in [0.1, 0.15) is 12.0 Å². The molecule has 1 aliphatic heterocycles. The number of rotatable bonds is 2. The third kappa shape index (κ3) is 2.08. The van der Waals surface area contributed by atoms with E-state index >= 15 is 0 Å². The number of nitrogens with zero attached hydrogens (tertiary/aromatic N) is 1. The average Bonchev–Trinajstić information content (AvgIpc) is 2.64. The number of aryl methyl sites for hydroxylation is 1. The van der Waals surface area contributed by atoms with Crippen LogP contribution in [0.2, 0.25) is 0 Å². The minimum absolute atomic E-state index is 0.0591. The molecular weight excluding hydrogens is 220 g/mol. The molecule has 17 heavy (non-hydrogen) atoms. The molecule has 1 fully saturated rings. The summed E-state index contributed by atoms with van der Waals surface area (Å²) in [4.78, 5) is 24.2. The standard InChI is InChI=1S/C12H14N2O3/c1-7-2-3-9(13)5-10(7)14-6-8(12(16)17)4-11(14)15/h2-3,5,8H,4,6,13H2,1H3,(H,16,17)/t8-/m1/s1. The fourth-order valence-corrected chi connectivity index (χ4v) is 2.02. The summed E-state index contributed by atoms with van der Waals surface area (Å²) in [6.07, 6.45) is 0.0591. The first-order chi connectivity index (χ1) is 7.99. The fraction of sp³-hybridized carbons (Fsp3) is 0.333. The van der Waals surface area contributed by atoms with Crippen molar-refractivity contribution >= 4 is 23.3 Å². The van der Waals surface area contributed by atoms with E-state index in [0.717, 1.165) is 5.56 Å². The Morgan fingerprint density at radius 3 is 2.82 bits per heavy atom. The monoisotopic (exact) mass is 234 g/mol. The highest BCUT2D eigenvalue weighted by molar-refractivity contribution is 6.00. The van der Waals surface area contributed by atoms with Crippen molar-refractivity contribution in [1.82, 2.24) is 0 Å². The largest absolute Gasteiger partial charge is 0.481 e. The van der Waals surface area contributed by atoms with E-state index in [0.29, 0.717) is 11.4 Å². The first kappa shape index (κ1) is 11.4. The summed E-state index contributed by atoms with van der Waals surface area (Å²) in [7, 11) is 0. The summed E-state index contributed by atoms with van der Waals surface area (Å²) < 4.78 is 0. The number of hydrogen-bond donors (Lipinski definition) is 2. The Kier molecular flexibility index (Phi) is 2.75. The Morgan fingerprint density at radius 1 is 1.53 bits per heavy atom. The minimum atomic E-state index is -0.928. The first-order valence-corrected chi connectivity index (χ1v) is 5.38. The van der Waals surface area contributed by atoms with Crippen molar-refractivity contribution in [3.05, 3.63) is 23.8 Å². The van der Waals surface area contributed by atoms with Crippen molar-refractivity contribution in [3.8, 4) is 0 Å². The minimum Gasteiger partial charge on any atom is -0.481 e.